The van der Waals surface area contributed by atoms with Gasteiger partial charge in [-0.2, -0.15) is 5.23 Å². The number of hydrogen-bond donors (Lipinski definition) is 5. The van der Waals surface area contributed by atoms with Crippen LogP contribution in [-0.2, 0) is 6.42 Å². The molecule has 0 aliphatic rings. The van der Waals surface area contributed by atoms with Gasteiger partial charge in [0.15, 0.2) is 0 Å². The molecule has 0 aliphatic carbocycles. The molecule has 6 nitrogen and oxygen atoms in total. The highest BCUT2D eigenvalue weighted by Crippen LogP contribution is 2.22. The molecule has 0 amide bonds. The topological polar surface area (TPSA) is 104 Å². The standard InChI is InChI=1S/C19H32N2O4/c1-14(2)7-5-8-15(3)9-6-10-19(4,23)17(22)11-16-12-18(20-13-16)21(24)25/h7,9,12-13,17,20-24H,5-6,8,10-11H2,1-4H3. The molecule has 142 valence electrons. The minimum Gasteiger partial charge on any atom is -0.594 e. The van der Waals surface area contributed by atoms with E-state index in [0.29, 0.717) is 18.4 Å². The van der Waals surface area contributed by atoms with Crippen LogP contribution < -0.4 is 5.23 Å². The molecule has 3 unspecified atom stereocenters. The number of quaternary nitrogens is 1. The molecule has 1 rings (SSSR count). The number of H-pyrrole nitrogens is 1. The lowest BCUT2D eigenvalue weighted by Crippen LogP contribution is -2.99. The summed E-state index contributed by atoms with van der Waals surface area (Å²) in [6.07, 6.45) is 8.28. The van der Waals surface area contributed by atoms with E-state index in [0.717, 1.165) is 12.8 Å². The average Bonchev–Trinajstić information content (AvgIpc) is 2.95. The quantitative estimate of drug-likeness (QED) is 0.330. The number of aromatic amines is 1. The van der Waals surface area contributed by atoms with Gasteiger partial charge in [-0.1, -0.05) is 23.3 Å². The first kappa shape index (κ1) is 21.6. The van der Waals surface area contributed by atoms with E-state index in [1.807, 2.05) is 0 Å². The van der Waals surface area contributed by atoms with E-state index >= 15 is 0 Å². The van der Waals surface area contributed by atoms with Gasteiger partial charge < -0.3 is 20.4 Å². The number of aliphatic hydroxyl groups excluding tert-OH is 1. The lowest BCUT2D eigenvalue weighted by Gasteiger charge is -2.28. The zero-order valence-corrected chi connectivity index (χ0v) is 15.7. The molecular formula is C19H32N2O4. The number of nitrogens with one attached hydrogen (secondary N) is 2. The van der Waals surface area contributed by atoms with Gasteiger partial charge in [0.1, 0.15) is 0 Å². The van der Waals surface area contributed by atoms with Crippen molar-refractivity contribution in [2.75, 3.05) is 0 Å². The van der Waals surface area contributed by atoms with Gasteiger partial charge in [0.25, 0.3) is 0 Å². The Morgan fingerprint density at radius 3 is 2.56 bits per heavy atom. The SMILES string of the molecule is CC(C)=CCCC(C)=CCCC(C)(O)C(O)Cc1c[nH]c([NH+]([O-])O)c1. The Morgan fingerprint density at radius 1 is 1.32 bits per heavy atom. The molecule has 0 saturated carbocycles. The number of aromatic nitrogens is 1. The van der Waals surface area contributed by atoms with Crippen molar-refractivity contribution in [3.05, 3.63) is 46.3 Å². The second-order valence-electron chi connectivity index (χ2n) is 7.21. The summed E-state index contributed by atoms with van der Waals surface area (Å²) in [7, 11) is 0. The second-order valence-corrected chi connectivity index (χ2v) is 7.21. The van der Waals surface area contributed by atoms with Gasteiger partial charge in [0.05, 0.1) is 11.7 Å². The fraction of sp³-hybridized carbons (Fsp3) is 0.579. The number of aliphatic hydroxyl groups is 2. The van der Waals surface area contributed by atoms with Crippen LogP contribution in [0, 0.1) is 5.21 Å². The number of hydrogen-bond acceptors (Lipinski definition) is 4. The molecule has 0 fully saturated rings. The molecule has 3 atom stereocenters. The largest absolute Gasteiger partial charge is 0.594 e. The summed E-state index contributed by atoms with van der Waals surface area (Å²) < 4.78 is 0. The van der Waals surface area contributed by atoms with Gasteiger partial charge in [0.2, 0.25) is 5.82 Å². The van der Waals surface area contributed by atoms with E-state index in [-0.39, 0.29) is 12.2 Å². The van der Waals surface area contributed by atoms with Crippen LogP contribution in [0.3, 0.4) is 0 Å². The highest BCUT2D eigenvalue weighted by Gasteiger charge is 2.30. The smallest absolute Gasteiger partial charge is 0.237 e. The van der Waals surface area contributed by atoms with Crippen LogP contribution in [-0.4, -0.2) is 32.1 Å². The number of allylic oxidation sites excluding steroid dienone is 4. The minimum absolute atomic E-state index is 0.0803. The third kappa shape index (κ3) is 7.98. The molecule has 0 aromatic carbocycles. The van der Waals surface area contributed by atoms with Crippen LogP contribution in [0.15, 0.2) is 35.6 Å². The predicted octanol–water partition coefficient (Wildman–Crippen LogP) is 2.55. The van der Waals surface area contributed by atoms with Gasteiger partial charge in [-0.15, -0.1) is 0 Å². The monoisotopic (exact) mass is 352 g/mol. The summed E-state index contributed by atoms with van der Waals surface area (Å²) >= 11 is 0. The van der Waals surface area contributed by atoms with E-state index in [4.69, 9.17) is 5.21 Å². The van der Waals surface area contributed by atoms with E-state index in [1.165, 1.54) is 17.2 Å². The highest BCUT2D eigenvalue weighted by atomic mass is 16.8. The molecule has 0 saturated heterocycles. The highest BCUT2D eigenvalue weighted by molar-refractivity contribution is 5.27. The first-order chi connectivity index (χ1) is 11.6. The summed E-state index contributed by atoms with van der Waals surface area (Å²) in [6, 6.07) is 1.48. The molecule has 0 aliphatic heterocycles. The average molecular weight is 352 g/mol. The van der Waals surface area contributed by atoms with Crippen molar-refractivity contribution in [2.24, 2.45) is 0 Å². The Bertz CT molecular complexity index is 584. The molecule has 25 heavy (non-hydrogen) atoms. The van der Waals surface area contributed by atoms with Crippen molar-refractivity contribution in [3.63, 3.8) is 0 Å². The molecule has 1 aromatic heterocycles. The van der Waals surface area contributed by atoms with Crippen molar-refractivity contribution in [2.45, 2.75) is 71.5 Å². The number of rotatable bonds is 10. The van der Waals surface area contributed by atoms with Gasteiger partial charge in [0, 0.05) is 18.7 Å². The summed E-state index contributed by atoms with van der Waals surface area (Å²) in [4.78, 5) is 2.64. The van der Waals surface area contributed by atoms with Gasteiger partial charge in [-0.3, -0.25) is 0 Å². The third-order valence-corrected chi connectivity index (χ3v) is 4.35. The van der Waals surface area contributed by atoms with Crippen LogP contribution in [0.2, 0.25) is 0 Å². The molecule has 5 N–H and O–H groups in total. The lowest BCUT2D eigenvalue weighted by molar-refractivity contribution is -0.993. The Balaban J connectivity index is 2.48. The van der Waals surface area contributed by atoms with E-state index in [2.05, 4.69) is 37.9 Å². The van der Waals surface area contributed by atoms with Gasteiger partial charge >= 0.3 is 0 Å². The van der Waals surface area contributed by atoms with Crippen molar-refractivity contribution >= 4 is 5.82 Å². The Labute approximate surface area is 150 Å². The normalized spacial score (nSPS) is 17.0. The molecule has 6 heteroatoms. The van der Waals surface area contributed by atoms with Crippen molar-refractivity contribution in [1.82, 2.24) is 4.98 Å². The van der Waals surface area contributed by atoms with Crippen molar-refractivity contribution < 1.29 is 20.6 Å². The Hall–Kier alpha value is -1.44. The molecule has 0 spiro atoms. The molecule has 0 radical (unpaired) electrons. The van der Waals surface area contributed by atoms with E-state index in [9.17, 15) is 15.4 Å². The zero-order chi connectivity index (χ0) is 19.0. The van der Waals surface area contributed by atoms with Crippen LogP contribution in [0.4, 0.5) is 5.82 Å². The predicted molar refractivity (Wildman–Crippen MR) is 98.6 cm³/mol. The maximum Gasteiger partial charge on any atom is 0.237 e. The molecule has 1 aromatic rings. The van der Waals surface area contributed by atoms with Crippen molar-refractivity contribution in [3.8, 4) is 0 Å². The van der Waals surface area contributed by atoms with Gasteiger partial charge in [-0.05, 0) is 58.9 Å². The minimum atomic E-state index is -1.22. The Morgan fingerprint density at radius 2 is 2.00 bits per heavy atom. The maximum absolute atomic E-state index is 10.9. The van der Waals surface area contributed by atoms with Crippen LogP contribution in [0.1, 0.15) is 58.9 Å². The molecule has 0 bridgehead atoms. The second kappa shape index (κ2) is 9.89. The first-order valence-corrected chi connectivity index (χ1v) is 8.72. The van der Waals surface area contributed by atoms with E-state index < -0.39 is 16.9 Å². The fourth-order valence-electron chi connectivity index (χ4n) is 2.59. The summed E-state index contributed by atoms with van der Waals surface area (Å²) in [5, 5.41) is 39.5. The van der Waals surface area contributed by atoms with E-state index in [1.54, 1.807) is 13.1 Å². The summed E-state index contributed by atoms with van der Waals surface area (Å²) in [5.41, 5.74) is 2.03. The first-order valence-electron chi connectivity index (χ1n) is 8.72. The van der Waals surface area contributed by atoms with Crippen LogP contribution >= 0.6 is 0 Å². The van der Waals surface area contributed by atoms with Gasteiger partial charge in [-0.25, -0.2) is 5.21 Å². The molecular weight excluding hydrogens is 320 g/mol. The third-order valence-electron chi connectivity index (χ3n) is 4.35. The molecule has 1 heterocycles. The zero-order valence-electron chi connectivity index (χ0n) is 15.7. The Kier molecular flexibility index (Phi) is 8.55. The fourth-order valence-corrected chi connectivity index (χ4v) is 2.59. The van der Waals surface area contributed by atoms with Crippen LogP contribution in [0.5, 0.6) is 0 Å². The maximum atomic E-state index is 10.9. The van der Waals surface area contributed by atoms with Crippen molar-refractivity contribution in [1.29, 1.82) is 0 Å². The summed E-state index contributed by atoms with van der Waals surface area (Å²) in [6.45, 7) is 7.87. The summed E-state index contributed by atoms with van der Waals surface area (Å²) in [5.74, 6) is 0.0803. The lowest BCUT2D eigenvalue weighted by atomic mass is 9.89. The van der Waals surface area contributed by atoms with Crippen LogP contribution in [0.25, 0.3) is 0 Å².